The van der Waals surface area contributed by atoms with Crippen LogP contribution in [-0.2, 0) is 22.4 Å². The fraction of sp³-hybridized carbons (Fsp3) is 0.381. The van der Waals surface area contributed by atoms with Gasteiger partial charge in [0.15, 0.2) is 23.0 Å². The second-order valence-electron chi connectivity index (χ2n) is 6.72. The molecule has 1 aliphatic heterocycles. The van der Waals surface area contributed by atoms with Gasteiger partial charge < -0.3 is 24.1 Å². The van der Waals surface area contributed by atoms with Crippen molar-refractivity contribution in [2.45, 2.75) is 12.8 Å². The van der Waals surface area contributed by atoms with Crippen molar-refractivity contribution in [2.75, 3.05) is 27.9 Å². The molecule has 1 aliphatic rings. The first kappa shape index (κ1) is 20.1. The molecule has 0 aliphatic carbocycles. The van der Waals surface area contributed by atoms with Crippen molar-refractivity contribution in [1.29, 1.82) is 0 Å². The fourth-order valence-electron chi connectivity index (χ4n) is 3.52. The Hall–Kier alpha value is -2.60. The molecule has 7 heteroatoms. The van der Waals surface area contributed by atoms with Crippen molar-refractivity contribution < 1.29 is 28.8 Å². The molecule has 0 unspecified atom stereocenters. The molecule has 150 valence electrons. The lowest BCUT2D eigenvalue weighted by molar-refractivity contribution is -0.141. The van der Waals surface area contributed by atoms with Gasteiger partial charge in [0.05, 0.1) is 38.9 Å². The van der Waals surface area contributed by atoms with Gasteiger partial charge in [-0.15, -0.1) is 0 Å². The number of rotatable bonds is 7. The fourth-order valence-corrected chi connectivity index (χ4v) is 3.75. The van der Waals surface area contributed by atoms with Crippen LogP contribution in [0, 0.1) is 11.8 Å². The van der Waals surface area contributed by atoms with Crippen LogP contribution in [0.5, 0.6) is 23.0 Å². The quantitative estimate of drug-likeness (QED) is 0.707. The van der Waals surface area contributed by atoms with Crippen LogP contribution in [0.25, 0.3) is 0 Å². The number of phenols is 1. The molecule has 2 aromatic carbocycles. The van der Waals surface area contributed by atoms with Crippen molar-refractivity contribution in [3.63, 3.8) is 0 Å². The van der Waals surface area contributed by atoms with E-state index in [0.717, 1.165) is 11.1 Å². The third kappa shape index (κ3) is 4.12. The second-order valence-corrected chi connectivity index (χ2v) is 7.13. The summed E-state index contributed by atoms with van der Waals surface area (Å²) in [5.41, 5.74) is 1.84. The summed E-state index contributed by atoms with van der Waals surface area (Å²) in [6, 6.07) is 9.07. The lowest BCUT2D eigenvalue weighted by Crippen LogP contribution is -2.20. The van der Waals surface area contributed by atoms with E-state index >= 15 is 0 Å². The van der Waals surface area contributed by atoms with Crippen molar-refractivity contribution >= 4 is 17.6 Å². The van der Waals surface area contributed by atoms with E-state index in [4.69, 9.17) is 30.5 Å². The molecule has 2 aromatic rings. The van der Waals surface area contributed by atoms with Gasteiger partial charge in [-0.3, -0.25) is 4.79 Å². The van der Waals surface area contributed by atoms with E-state index in [1.54, 1.807) is 26.4 Å². The van der Waals surface area contributed by atoms with Crippen molar-refractivity contribution in [3.05, 3.63) is 46.5 Å². The van der Waals surface area contributed by atoms with Crippen LogP contribution in [-0.4, -0.2) is 39.0 Å². The zero-order chi connectivity index (χ0) is 20.3. The summed E-state index contributed by atoms with van der Waals surface area (Å²) in [4.78, 5) is 12.3. The van der Waals surface area contributed by atoms with Crippen LogP contribution in [0.3, 0.4) is 0 Å². The summed E-state index contributed by atoms with van der Waals surface area (Å²) in [6.07, 6.45) is 1.12. The van der Waals surface area contributed by atoms with Crippen LogP contribution in [0.15, 0.2) is 30.3 Å². The van der Waals surface area contributed by atoms with Crippen LogP contribution in [0.2, 0.25) is 5.02 Å². The molecule has 2 atom stereocenters. The van der Waals surface area contributed by atoms with E-state index in [2.05, 4.69) is 0 Å². The number of hydrogen-bond donors (Lipinski definition) is 1. The highest BCUT2D eigenvalue weighted by Crippen LogP contribution is 2.38. The highest BCUT2D eigenvalue weighted by atomic mass is 35.5. The van der Waals surface area contributed by atoms with Gasteiger partial charge in [-0.05, 0) is 48.2 Å². The number of phenolic OH excluding ortho intramolecular Hbond substituents is 1. The van der Waals surface area contributed by atoms with E-state index < -0.39 is 0 Å². The minimum Gasteiger partial charge on any atom is -0.503 e. The van der Waals surface area contributed by atoms with Crippen LogP contribution in [0.1, 0.15) is 11.1 Å². The lowest BCUT2D eigenvalue weighted by Gasteiger charge is -2.17. The summed E-state index contributed by atoms with van der Waals surface area (Å²) in [6.45, 7) is 0.362. The average Bonchev–Trinajstić information content (AvgIpc) is 3.03. The van der Waals surface area contributed by atoms with Gasteiger partial charge in [0.1, 0.15) is 0 Å². The molecule has 0 radical (unpaired) electrons. The average molecular weight is 407 g/mol. The molecule has 1 saturated heterocycles. The number of aromatic hydroxyl groups is 1. The van der Waals surface area contributed by atoms with Crippen LogP contribution >= 0.6 is 11.6 Å². The third-order valence-electron chi connectivity index (χ3n) is 5.02. The van der Waals surface area contributed by atoms with Gasteiger partial charge in [0, 0.05) is 5.92 Å². The van der Waals surface area contributed by atoms with E-state index in [-0.39, 0.29) is 34.3 Å². The van der Waals surface area contributed by atoms with Gasteiger partial charge in [-0.25, -0.2) is 0 Å². The maximum Gasteiger partial charge on any atom is 0.309 e. The van der Waals surface area contributed by atoms with Gasteiger partial charge in [0.2, 0.25) is 0 Å². The minimum absolute atomic E-state index is 0.0178. The molecule has 0 saturated carbocycles. The number of halogens is 1. The van der Waals surface area contributed by atoms with E-state index in [9.17, 15) is 9.90 Å². The van der Waals surface area contributed by atoms with Crippen LogP contribution in [0.4, 0.5) is 0 Å². The van der Waals surface area contributed by atoms with Crippen molar-refractivity contribution in [1.82, 2.24) is 0 Å². The Morgan fingerprint density at radius 2 is 1.68 bits per heavy atom. The number of hydrogen-bond acceptors (Lipinski definition) is 6. The summed E-state index contributed by atoms with van der Waals surface area (Å²) < 4.78 is 21.1. The smallest absolute Gasteiger partial charge is 0.309 e. The second kappa shape index (κ2) is 8.61. The molecule has 1 N–H and O–H groups in total. The number of ether oxygens (including phenoxy) is 4. The monoisotopic (exact) mass is 406 g/mol. The van der Waals surface area contributed by atoms with E-state index in [0.29, 0.717) is 30.9 Å². The maximum atomic E-state index is 12.3. The molecule has 0 bridgehead atoms. The molecule has 1 fully saturated rings. The number of cyclic esters (lactones) is 1. The summed E-state index contributed by atoms with van der Waals surface area (Å²) in [5, 5.41) is 10.1. The number of methoxy groups -OCH3 is 3. The molecule has 1 heterocycles. The maximum absolute atomic E-state index is 12.3. The first-order chi connectivity index (χ1) is 13.5. The Kier molecular flexibility index (Phi) is 6.19. The van der Waals surface area contributed by atoms with Gasteiger partial charge >= 0.3 is 5.97 Å². The summed E-state index contributed by atoms with van der Waals surface area (Å²) in [5.74, 6) is 0.967. The SMILES string of the molecule is COc1ccc(C[C@H]2COC(=O)[C@@H]2Cc2cc(Cl)c(O)c(OC)c2)cc1OC. The molecular weight excluding hydrogens is 384 g/mol. The van der Waals surface area contributed by atoms with Crippen molar-refractivity contribution in [2.24, 2.45) is 11.8 Å². The highest BCUT2D eigenvalue weighted by Gasteiger charge is 2.37. The number of carbonyl (C=O) groups excluding carboxylic acids is 1. The Morgan fingerprint density at radius 1 is 1.00 bits per heavy atom. The van der Waals surface area contributed by atoms with Gasteiger partial charge in [-0.1, -0.05) is 17.7 Å². The number of esters is 1. The van der Waals surface area contributed by atoms with E-state index in [1.807, 2.05) is 18.2 Å². The zero-order valence-electron chi connectivity index (χ0n) is 16.0. The van der Waals surface area contributed by atoms with Crippen molar-refractivity contribution in [3.8, 4) is 23.0 Å². The summed E-state index contributed by atoms with van der Waals surface area (Å²) >= 11 is 6.08. The first-order valence-electron chi connectivity index (χ1n) is 8.89. The molecule has 28 heavy (non-hydrogen) atoms. The number of benzene rings is 2. The molecule has 6 nitrogen and oxygen atoms in total. The van der Waals surface area contributed by atoms with Crippen LogP contribution < -0.4 is 14.2 Å². The molecule has 0 spiro atoms. The Bertz CT molecular complexity index is 866. The van der Waals surface area contributed by atoms with E-state index in [1.165, 1.54) is 7.11 Å². The minimum atomic E-state index is -0.307. The summed E-state index contributed by atoms with van der Waals surface area (Å²) in [7, 11) is 4.64. The number of carbonyl (C=O) groups is 1. The third-order valence-corrected chi connectivity index (χ3v) is 5.31. The molecular formula is C21H23ClO6. The van der Waals surface area contributed by atoms with Gasteiger partial charge in [0.25, 0.3) is 0 Å². The lowest BCUT2D eigenvalue weighted by atomic mass is 9.85. The predicted octanol–water partition coefficient (Wildman–Crippen LogP) is 3.65. The largest absolute Gasteiger partial charge is 0.503 e. The normalized spacial score (nSPS) is 18.6. The zero-order valence-corrected chi connectivity index (χ0v) is 16.8. The first-order valence-corrected chi connectivity index (χ1v) is 9.27. The topological polar surface area (TPSA) is 74.2 Å². The molecule has 3 rings (SSSR count). The molecule has 0 aromatic heterocycles. The highest BCUT2D eigenvalue weighted by molar-refractivity contribution is 6.32. The predicted molar refractivity (Wildman–Crippen MR) is 105 cm³/mol. The molecule has 0 amide bonds. The Labute approximate surface area is 168 Å². The Morgan fingerprint density at radius 3 is 2.36 bits per heavy atom. The Balaban J connectivity index is 1.80. The van der Waals surface area contributed by atoms with Gasteiger partial charge in [-0.2, -0.15) is 0 Å². The standard InChI is InChI=1S/C21H23ClO6/c1-25-17-5-4-12(9-18(17)26-2)6-14-11-28-21(24)15(14)7-13-8-16(22)20(23)19(10-13)27-3/h4-5,8-10,14-15,23H,6-7,11H2,1-3H3/t14-,15+/m0/s1.